The smallest absolute Gasteiger partial charge is 0.193 e. The predicted octanol–water partition coefficient (Wildman–Crippen LogP) is 3.63. The monoisotopic (exact) mass is 317 g/mol. The number of halogens is 1. The Morgan fingerprint density at radius 3 is 2.77 bits per heavy atom. The number of hydrogen-bond donors (Lipinski definition) is 2. The molecule has 0 radical (unpaired) electrons. The number of nitrogens with zero attached hydrogens (tertiary/aromatic N) is 1. The van der Waals surface area contributed by atoms with E-state index in [0.717, 1.165) is 23.4 Å². The van der Waals surface area contributed by atoms with Gasteiger partial charge in [0.1, 0.15) is 5.75 Å². The summed E-state index contributed by atoms with van der Waals surface area (Å²) in [5, 5.41) is 3.76. The van der Waals surface area contributed by atoms with E-state index in [4.69, 9.17) is 22.1 Å². The zero-order valence-electron chi connectivity index (χ0n) is 12.8. The van der Waals surface area contributed by atoms with Crippen molar-refractivity contribution >= 4 is 23.2 Å². The third-order valence-electron chi connectivity index (χ3n) is 3.21. The van der Waals surface area contributed by atoms with Gasteiger partial charge in [0.2, 0.25) is 0 Å². The standard InChI is InChI=1S/C17H20ClN3O/c1-12-4-3-5-14(10-12)21-17(19)20-9-8-13-6-7-15(22-2)11-16(13)18/h3-7,10-11H,8-9H2,1-2H3,(H3,19,20,21). The van der Waals surface area contributed by atoms with Gasteiger partial charge in [-0.15, -0.1) is 0 Å². The topological polar surface area (TPSA) is 59.6 Å². The van der Waals surface area contributed by atoms with E-state index in [9.17, 15) is 0 Å². The summed E-state index contributed by atoms with van der Waals surface area (Å²) >= 11 is 6.20. The molecule has 2 aromatic carbocycles. The van der Waals surface area contributed by atoms with Gasteiger partial charge in [0.25, 0.3) is 0 Å². The Bertz CT molecular complexity index is 671. The van der Waals surface area contributed by atoms with E-state index < -0.39 is 0 Å². The number of hydrogen-bond acceptors (Lipinski definition) is 2. The molecule has 5 heteroatoms. The number of nitrogens with one attached hydrogen (secondary N) is 1. The minimum atomic E-state index is 0.398. The molecular formula is C17H20ClN3O. The van der Waals surface area contributed by atoms with E-state index >= 15 is 0 Å². The average molecular weight is 318 g/mol. The molecule has 0 atom stereocenters. The molecule has 0 spiro atoms. The van der Waals surface area contributed by atoms with Crippen LogP contribution in [0.5, 0.6) is 5.75 Å². The first kappa shape index (κ1) is 16.2. The van der Waals surface area contributed by atoms with Crippen molar-refractivity contribution in [2.24, 2.45) is 10.7 Å². The van der Waals surface area contributed by atoms with Crippen molar-refractivity contribution in [1.29, 1.82) is 0 Å². The van der Waals surface area contributed by atoms with Gasteiger partial charge in [0.15, 0.2) is 5.96 Å². The lowest BCUT2D eigenvalue weighted by Gasteiger charge is -2.07. The fourth-order valence-electron chi connectivity index (χ4n) is 2.06. The minimum Gasteiger partial charge on any atom is -0.497 e. The molecule has 116 valence electrons. The molecule has 0 heterocycles. The molecule has 2 aromatic rings. The number of benzene rings is 2. The van der Waals surface area contributed by atoms with E-state index in [1.165, 1.54) is 5.56 Å². The molecule has 3 N–H and O–H groups in total. The summed E-state index contributed by atoms with van der Waals surface area (Å²) in [4.78, 5) is 4.32. The predicted molar refractivity (Wildman–Crippen MR) is 93.0 cm³/mol. The summed E-state index contributed by atoms with van der Waals surface area (Å²) < 4.78 is 5.13. The molecule has 22 heavy (non-hydrogen) atoms. The quantitative estimate of drug-likeness (QED) is 0.654. The Balaban J connectivity index is 1.91. The summed E-state index contributed by atoms with van der Waals surface area (Å²) in [5.41, 5.74) is 9.02. The molecule has 0 saturated heterocycles. The number of guanidine groups is 1. The van der Waals surface area contributed by atoms with E-state index in [2.05, 4.69) is 10.3 Å². The molecule has 2 rings (SSSR count). The van der Waals surface area contributed by atoms with Gasteiger partial charge in [-0.3, -0.25) is 4.99 Å². The number of aryl methyl sites for hydroxylation is 1. The van der Waals surface area contributed by atoms with Crippen LogP contribution in [0, 0.1) is 6.92 Å². The van der Waals surface area contributed by atoms with Crippen molar-refractivity contribution in [1.82, 2.24) is 0 Å². The Labute approximate surface area is 136 Å². The third-order valence-corrected chi connectivity index (χ3v) is 3.57. The van der Waals surface area contributed by atoms with Gasteiger partial charge in [0.05, 0.1) is 7.11 Å². The van der Waals surface area contributed by atoms with Crippen LogP contribution in [0.3, 0.4) is 0 Å². The molecule has 0 unspecified atom stereocenters. The summed E-state index contributed by atoms with van der Waals surface area (Å²) in [6.07, 6.45) is 0.721. The van der Waals surface area contributed by atoms with Gasteiger partial charge in [0, 0.05) is 17.3 Å². The zero-order chi connectivity index (χ0) is 15.9. The third kappa shape index (κ3) is 4.67. The maximum absolute atomic E-state index is 6.20. The van der Waals surface area contributed by atoms with E-state index in [1.54, 1.807) is 13.2 Å². The highest BCUT2D eigenvalue weighted by Gasteiger charge is 2.02. The molecule has 0 aliphatic carbocycles. The lowest BCUT2D eigenvalue weighted by atomic mass is 10.1. The number of rotatable bonds is 5. The lowest BCUT2D eigenvalue weighted by Crippen LogP contribution is -2.23. The second-order valence-corrected chi connectivity index (χ2v) is 5.38. The molecule has 0 aliphatic heterocycles. The molecule has 0 aliphatic rings. The average Bonchev–Trinajstić information content (AvgIpc) is 2.48. The first-order valence-electron chi connectivity index (χ1n) is 7.04. The Morgan fingerprint density at radius 2 is 2.09 bits per heavy atom. The molecule has 4 nitrogen and oxygen atoms in total. The number of anilines is 1. The fraction of sp³-hybridized carbons (Fsp3) is 0.235. The Morgan fingerprint density at radius 1 is 1.27 bits per heavy atom. The van der Waals surface area contributed by atoms with Crippen LogP contribution in [0.1, 0.15) is 11.1 Å². The van der Waals surface area contributed by atoms with Crippen LogP contribution in [-0.2, 0) is 6.42 Å². The van der Waals surface area contributed by atoms with Gasteiger partial charge in [-0.25, -0.2) is 0 Å². The number of aliphatic imine (C=N–C) groups is 1. The van der Waals surface area contributed by atoms with Crippen molar-refractivity contribution in [3.05, 3.63) is 58.6 Å². The summed E-state index contributed by atoms with van der Waals surface area (Å²) in [7, 11) is 1.62. The van der Waals surface area contributed by atoms with Crippen molar-refractivity contribution in [2.75, 3.05) is 19.0 Å². The summed E-state index contributed by atoms with van der Waals surface area (Å²) in [6, 6.07) is 13.6. The van der Waals surface area contributed by atoms with E-state index in [0.29, 0.717) is 17.5 Å². The molecule has 0 bridgehead atoms. The van der Waals surface area contributed by atoms with Gasteiger partial charge in [-0.2, -0.15) is 0 Å². The van der Waals surface area contributed by atoms with Crippen LogP contribution in [0.15, 0.2) is 47.5 Å². The molecule has 0 saturated carbocycles. The first-order chi connectivity index (χ1) is 10.6. The van der Waals surface area contributed by atoms with Gasteiger partial charge >= 0.3 is 0 Å². The second kappa shape index (κ2) is 7.71. The van der Waals surface area contributed by atoms with E-state index in [-0.39, 0.29) is 0 Å². The van der Waals surface area contributed by atoms with Gasteiger partial charge in [-0.05, 0) is 48.7 Å². The largest absolute Gasteiger partial charge is 0.497 e. The van der Waals surface area contributed by atoms with Crippen LogP contribution in [0.25, 0.3) is 0 Å². The number of methoxy groups -OCH3 is 1. The molecule has 0 fully saturated rings. The SMILES string of the molecule is COc1ccc(CCN=C(N)Nc2cccc(C)c2)c(Cl)c1. The summed E-state index contributed by atoms with van der Waals surface area (Å²) in [6.45, 7) is 2.60. The van der Waals surface area contributed by atoms with Crippen LogP contribution in [0.4, 0.5) is 5.69 Å². The van der Waals surface area contributed by atoms with Crippen molar-refractivity contribution < 1.29 is 4.74 Å². The van der Waals surface area contributed by atoms with E-state index in [1.807, 2.05) is 43.3 Å². The van der Waals surface area contributed by atoms with Crippen LogP contribution in [-0.4, -0.2) is 19.6 Å². The maximum atomic E-state index is 6.20. The van der Waals surface area contributed by atoms with Crippen molar-refractivity contribution in [2.45, 2.75) is 13.3 Å². The number of nitrogens with two attached hydrogens (primary N) is 1. The van der Waals surface area contributed by atoms with Crippen LogP contribution < -0.4 is 15.8 Å². The fourth-order valence-corrected chi connectivity index (χ4v) is 2.33. The first-order valence-corrected chi connectivity index (χ1v) is 7.42. The van der Waals surface area contributed by atoms with Crippen molar-refractivity contribution in [3.8, 4) is 5.75 Å². The van der Waals surface area contributed by atoms with Crippen LogP contribution in [0.2, 0.25) is 5.02 Å². The molecule has 0 amide bonds. The minimum absolute atomic E-state index is 0.398. The maximum Gasteiger partial charge on any atom is 0.193 e. The second-order valence-electron chi connectivity index (χ2n) is 4.97. The molecular weight excluding hydrogens is 298 g/mol. The van der Waals surface area contributed by atoms with Crippen molar-refractivity contribution in [3.63, 3.8) is 0 Å². The van der Waals surface area contributed by atoms with Gasteiger partial charge in [-0.1, -0.05) is 29.8 Å². The van der Waals surface area contributed by atoms with Gasteiger partial charge < -0.3 is 15.8 Å². The summed E-state index contributed by atoms with van der Waals surface area (Å²) in [5.74, 6) is 1.15. The zero-order valence-corrected chi connectivity index (χ0v) is 13.5. The Hall–Kier alpha value is -2.20. The van der Waals surface area contributed by atoms with Crippen LogP contribution >= 0.6 is 11.6 Å². The molecule has 0 aromatic heterocycles. The lowest BCUT2D eigenvalue weighted by molar-refractivity contribution is 0.414. The highest BCUT2D eigenvalue weighted by Crippen LogP contribution is 2.22. The Kier molecular flexibility index (Phi) is 5.67. The highest BCUT2D eigenvalue weighted by atomic mass is 35.5. The number of ether oxygens (including phenoxy) is 1. The normalized spacial score (nSPS) is 11.3. The highest BCUT2D eigenvalue weighted by molar-refractivity contribution is 6.31.